The zero-order chi connectivity index (χ0) is 29.6. The molecule has 2 unspecified atom stereocenters. The Balaban J connectivity index is 1.27. The van der Waals surface area contributed by atoms with Crippen LogP contribution in [0.1, 0.15) is 39.3 Å². The van der Waals surface area contributed by atoms with Crippen molar-refractivity contribution in [3.63, 3.8) is 0 Å². The molecule has 2 saturated heterocycles. The van der Waals surface area contributed by atoms with Crippen molar-refractivity contribution in [2.24, 2.45) is 5.73 Å². The van der Waals surface area contributed by atoms with E-state index in [1.165, 1.54) is 21.7 Å². The Hall–Kier alpha value is -3.37. The number of benzene rings is 1. The zero-order valence-electron chi connectivity index (χ0n) is 23.3. The Kier molecular flexibility index (Phi) is 7.78. The van der Waals surface area contributed by atoms with Crippen molar-refractivity contribution in [1.82, 2.24) is 29.4 Å². The van der Waals surface area contributed by atoms with E-state index in [0.717, 1.165) is 17.0 Å². The molecule has 42 heavy (non-hydrogen) atoms. The number of nitrogens with one attached hydrogen (secondary N) is 3. The molecule has 224 valence electrons. The van der Waals surface area contributed by atoms with Crippen LogP contribution in [-0.4, -0.2) is 108 Å². The minimum absolute atomic E-state index is 0.00386. The van der Waals surface area contributed by atoms with E-state index in [4.69, 9.17) is 15.9 Å². The van der Waals surface area contributed by atoms with Gasteiger partial charge in [0.15, 0.2) is 5.01 Å². The first-order valence-corrected chi connectivity index (χ1v) is 16.2. The minimum Gasteiger partial charge on any atom is -0.384 e. The number of nitrogens with two attached hydrogens (primary N) is 1. The lowest BCUT2D eigenvalue weighted by Gasteiger charge is -2.41. The van der Waals surface area contributed by atoms with Gasteiger partial charge in [0.1, 0.15) is 10.9 Å². The number of sulfonamides is 1. The van der Waals surface area contributed by atoms with Crippen LogP contribution in [0.5, 0.6) is 0 Å². The molecule has 1 aromatic carbocycles. The molecule has 0 saturated carbocycles. The van der Waals surface area contributed by atoms with E-state index in [9.17, 15) is 18.0 Å². The van der Waals surface area contributed by atoms with Crippen LogP contribution in [0.25, 0.3) is 10.9 Å². The maximum atomic E-state index is 13.8. The summed E-state index contributed by atoms with van der Waals surface area (Å²) in [6.07, 6.45) is 0.735. The number of morpholine rings is 1. The predicted octanol–water partition coefficient (Wildman–Crippen LogP) is 0.707. The van der Waals surface area contributed by atoms with Gasteiger partial charge in [0.25, 0.3) is 15.9 Å². The number of amides is 2. The maximum absolute atomic E-state index is 13.8. The van der Waals surface area contributed by atoms with Crippen LogP contribution in [-0.2, 0) is 32.5 Å². The topological polar surface area (TPSA) is 178 Å². The quantitative estimate of drug-likeness (QED) is 0.232. The van der Waals surface area contributed by atoms with E-state index < -0.39 is 16.1 Å². The fourth-order valence-electron chi connectivity index (χ4n) is 5.71. The van der Waals surface area contributed by atoms with Crippen molar-refractivity contribution in [3.8, 4) is 0 Å². The molecule has 6 rings (SSSR count). The minimum atomic E-state index is -3.98. The van der Waals surface area contributed by atoms with Gasteiger partial charge in [0.05, 0.1) is 24.9 Å². The standard InChI is InChI=1S/C27H34N8O5S2/c1-16-10-21-22(14-30-16)41-26(32-21)27(37)35-5-4-34(15-19(35)13-24(36)33-6-8-40-9-7-33)42(38,39)23-12-18-11-17(25(28)29)2-3-20(18)31-23/h2-3,11-12,16,19,30-31H,4-10,13-15H2,1H3,(H3,28,29). The van der Waals surface area contributed by atoms with Crippen LogP contribution >= 0.6 is 11.3 Å². The molecular weight excluding hydrogens is 580 g/mol. The first-order valence-electron chi connectivity index (χ1n) is 14.0. The number of nitrogens with zero attached hydrogens (tertiary/aromatic N) is 4. The number of thiazole rings is 1. The third-order valence-electron chi connectivity index (χ3n) is 8.08. The van der Waals surface area contributed by atoms with Crippen molar-refractivity contribution in [3.05, 3.63) is 45.4 Å². The number of aromatic amines is 1. The number of aromatic nitrogens is 2. The summed E-state index contributed by atoms with van der Waals surface area (Å²) in [5, 5.41) is 12.1. The van der Waals surface area contributed by atoms with E-state index in [1.807, 2.05) is 0 Å². The average Bonchev–Trinajstić information content (AvgIpc) is 3.61. The Bertz CT molecular complexity index is 1640. The normalized spacial score (nSPS) is 21.8. The van der Waals surface area contributed by atoms with Crippen molar-refractivity contribution >= 4 is 49.9 Å². The molecule has 0 bridgehead atoms. The Morgan fingerprint density at radius 3 is 2.74 bits per heavy atom. The number of rotatable bonds is 6. The molecule has 2 atom stereocenters. The van der Waals surface area contributed by atoms with Gasteiger partial charge in [0, 0.05) is 79.5 Å². The van der Waals surface area contributed by atoms with Crippen LogP contribution in [0.4, 0.5) is 0 Å². The summed E-state index contributed by atoms with van der Waals surface area (Å²) >= 11 is 1.36. The number of nitrogen functional groups attached to an aromatic ring is 1. The van der Waals surface area contributed by atoms with Gasteiger partial charge in [-0.2, -0.15) is 4.31 Å². The summed E-state index contributed by atoms with van der Waals surface area (Å²) in [5.41, 5.74) is 7.62. The van der Waals surface area contributed by atoms with Crippen molar-refractivity contribution < 1.29 is 22.7 Å². The average molecular weight is 615 g/mol. The smallest absolute Gasteiger partial charge is 0.283 e. The highest BCUT2D eigenvalue weighted by Crippen LogP contribution is 2.29. The molecule has 2 fully saturated rings. The van der Waals surface area contributed by atoms with E-state index in [0.29, 0.717) is 54.3 Å². The monoisotopic (exact) mass is 614 g/mol. The second-order valence-corrected chi connectivity index (χ2v) is 13.9. The van der Waals surface area contributed by atoms with Crippen molar-refractivity contribution in [2.75, 3.05) is 45.9 Å². The fourth-order valence-corrected chi connectivity index (χ4v) is 8.19. The van der Waals surface area contributed by atoms with Gasteiger partial charge in [-0.3, -0.25) is 15.0 Å². The lowest BCUT2D eigenvalue weighted by atomic mass is 10.1. The lowest BCUT2D eigenvalue weighted by molar-refractivity contribution is -0.136. The molecule has 13 nitrogen and oxygen atoms in total. The largest absolute Gasteiger partial charge is 0.384 e. The Labute approximate surface area is 247 Å². The summed E-state index contributed by atoms with van der Waals surface area (Å²) in [5.74, 6) is -0.525. The number of hydrogen-bond acceptors (Lipinski definition) is 9. The van der Waals surface area contributed by atoms with E-state index in [-0.39, 0.29) is 54.8 Å². The first kappa shape index (κ1) is 28.7. The summed E-state index contributed by atoms with van der Waals surface area (Å²) < 4.78 is 34.3. The van der Waals surface area contributed by atoms with Crippen LogP contribution < -0.4 is 11.1 Å². The van der Waals surface area contributed by atoms with Gasteiger partial charge in [0.2, 0.25) is 5.91 Å². The van der Waals surface area contributed by atoms with Crippen LogP contribution in [0.3, 0.4) is 0 Å². The summed E-state index contributed by atoms with van der Waals surface area (Å²) in [7, 11) is -3.98. The molecular formula is C27H34N8O5S2. The Morgan fingerprint density at radius 2 is 1.98 bits per heavy atom. The summed E-state index contributed by atoms with van der Waals surface area (Å²) in [6.45, 7) is 4.73. The SMILES string of the molecule is CC1Cc2nc(C(=O)N3CCN(S(=O)(=O)c4cc5cc(C(=N)N)ccc5[nH]4)CC3CC(=O)N3CCOCC3)sc2CN1. The highest BCUT2D eigenvalue weighted by Gasteiger charge is 2.40. The zero-order valence-corrected chi connectivity index (χ0v) is 24.9. The number of amidine groups is 1. The van der Waals surface area contributed by atoms with Gasteiger partial charge in [-0.1, -0.05) is 0 Å². The number of carbonyl (C=O) groups is 2. The van der Waals surface area contributed by atoms with Gasteiger partial charge in [-0.15, -0.1) is 11.3 Å². The van der Waals surface area contributed by atoms with Crippen molar-refractivity contribution in [2.45, 2.75) is 43.4 Å². The van der Waals surface area contributed by atoms with Gasteiger partial charge < -0.3 is 30.6 Å². The van der Waals surface area contributed by atoms with Crippen LogP contribution in [0.2, 0.25) is 0 Å². The van der Waals surface area contributed by atoms with E-state index in [1.54, 1.807) is 28.0 Å². The second-order valence-electron chi connectivity index (χ2n) is 10.9. The number of piperazine rings is 1. The molecule has 2 amide bonds. The van der Waals surface area contributed by atoms with Gasteiger partial charge in [-0.05, 0) is 31.2 Å². The molecule has 15 heteroatoms. The summed E-state index contributed by atoms with van der Waals surface area (Å²) in [6, 6.07) is 6.14. The lowest BCUT2D eigenvalue weighted by Crippen LogP contribution is -2.58. The van der Waals surface area contributed by atoms with Gasteiger partial charge in [-0.25, -0.2) is 13.4 Å². The molecule has 0 radical (unpaired) electrons. The molecule has 2 aromatic heterocycles. The van der Waals surface area contributed by atoms with Crippen LogP contribution in [0, 0.1) is 5.41 Å². The highest BCUT2D eigenvalue weighted by atomic mass is 32.2. The number of ether oxygens (including phenoxy) is 1. The molecule has 3 aromatic rings. The molecule has 5 heterocycles. The van der Waals surface area contributed by atoms with E-state index >= 15 is 0 Å². The summed E-state index contributed by atoms with van der Waals surface area (Å²) in [4.78, 5) is 39.1. The first-order chi connectivity index (χ1) is 20.1. The molecule has 0 aliphatic carbocycles. The molecule has 0 spiro atoms. The Morgan fingerprint density at radius 1 is 1.19 bits per heavy atom. The maximum Gasteiger partial charge on any atom is 0.283 e. The fraction of sp³-hybridized carbons (Fsp3) is 0.481. The van der Waals surface area contributed by atoms with Crippen LogP contribution in [0.15, 0.2) is 29.3 Å². The van der Waals surface area contributed by atoms with Crippen molar-refractivity contribution in [1.29, 1.82) is 5.41 Å². The third-order valence-corrected chi connectivity index (χ3v) is 10.9. The number of carbonyl (C=O) groups excluding carboxylic acids is 2. The molecule has 3 aliphatic rings. The number of fused-ring (bicyclic) bond motifs is 2. The molecule has 3 aliphatic heterocycles. The second kappa shape index (κ2) is 11.4. The third kappa shape index (κ3) is 5.54. The van der Waals surface area contributed by atoms with Gasteiger partial charge >= 0.3 is 0 Å². The predicted molar refractivity (Wildman–Crippen MR) is 157 cm³/mol. The number of H-pyrrole nitrogens is 1. The highest BCUT2D eigenvalue weighted by molar-refractivity contribution is 7.89. The van der Waals surface area contributed by atoms with E-state index in [2.05, 4.69) is 22.2 Å². The molecule has 5 N–H and O–H groups in total. The number of hydrogen-bond donors (Lipinski definition) is 4.